The minimum atomic E-state index is -0.450. The van der Waals surface area contributed by atoms with E-state index in [1.54, 1.807) is 4.90 Å². The number of aliphatic hydroxyl groups excluding tert-OH is 3. The van der Waals surface area contributed by atoms with Gasteiger partial charge in [-0.25, -0.2) is 0 Å². The van der Waals surface area contributed by atoms with Gasteiger partial charge in [0.2, 0.25) is 0 Å². The van der Waals surface area contributed by atoms with Crippen LogP contribution in [0.25, 0.3) is 0 Å². The van der Waals surface area contributed by atoms with Crippen LogP contribution in [0.15, 0.2) is 0 Å². The standard InChI is InChI=1S/C9H21NO4/c1-8(2)14-9(7-13)10(3-5-11)4-6-12/h8-9,11-13H,3-7H2,1-2H3. The molecule has 0 spiro atoms. The molecule has 0 aromatic heterocycles. The van der Waals surface area contributed by atoms with E-state index >= 15 is 0 Å². The smallest absolute Gasteiger partial charge is 0.134 e. The summed E-state index contributed by atoms with van der Waals surface area (Å²) in [6.45, 7) is 4.35. The van der Waals surface area contributed by atoms with Gasteiger partial charge in [-0.2, -0.15) is 0 Å². The van der Waals surface area contributed by atoms with E-state index in [0.717, 1.165) is 0 Å². The molecule has 1 unspecified atom stereocenters. The van der Waals surface area contributed by atoms with E-state index in [-0.39, 0.29) is 25.9 Å². The quantitative estimate of drug-likeness (QED) is 0.446. The Labute approximate surface area is 84.9 Å². The lowest BCUT2D eigenvalue weighted by atomic mass is 10.4. The van der Waals surface area contributed by atoms with Crippen molar-refractivity contribution in [1.82, 2.24) is 4.90 Å². The van der Waals surface area contributed by atoms with Crippen molar-refractivity contribution in [3.8, 4) is 0 Å². The zero-order valence-corrected chi connectivity index (χ0v) is 8.89. The van der Waals surface area contributed by atoms with Crippen LogP contribution in [0.3, 0.4) is 0 Å². The average Bonchev–Trinajstić information content (AvgIpc) is 2.13. The molecule has 3 N–H and O–H groups in total. The predicted molar refractivity (Wildman–Crippen MR) is 52.8 cm³/mol. The SMILES string of the molecule is CC(C)OC(CO)N(CCO)CCO. The van der Waals surface area contributed by atoms with Gasteiger partial charge >= 0.3 is 0 Å². The molecule has 0 rings (SSSR count). The lowest BCUT2D eigenvalue weighted by molar-refractivity contribution is -0.117. The molecule has 86 valence electrons. The van der Waals surface area contributed by atoms with Crippen LogP contribution in [0.4, 0.5) is 0 Å². The lowest BCUT2D eigenvalue weighted by Gasteiger charge is -2.30. The summed E-state index contributed by atoms with van der Waals surface area (Å²) in [7, 11) is 0. The first-order chi connectivity index (χ1) is 6.65. The predicted octanol–water partition coefficient (Wildman–Crippen LogP) is -0.984. The number of aliphatic hydroxyl groups is 3. The van der Waals surface area contributed by atoms with Crippen molar-refractivity contribution in [2.45, 2.75) is 26.2 Å². The Balaban J connectivity index is 4.10. The Kier molecular flexibility index (Phi) is 8.02. The summed E-state index contributed by atoms with van der Waals surface area (Å²) < 4.78 is 5.42. The number of nitrogens with zero attached hydrogens (tertiary/aromatic N) is 1. The van der Waals surface area contributed by atoms with E-state index in [2.05, 4.69) is 0 Å². The maximum atomic E-state index is 9.07. The summed E-state index contributed by atoms with van der Waals surface area (Å²) >= 11 is 0. The van der Waals surface area contributed by atoms with Gasteiger partial charge in [0.15, 0.2) is 0 Å². The van der Waals surface area contributed by atoms with E-state index in [4.69, 9.17) is 20.1 Å². The Morgan fingerprint density at radius 1 is 1.07 bits per heavy atom. The Bertz CT molecular complexity index is 126. The second-order valence-electron chi connectivity index (χ2n) is 3.31. The fraction of sp³-hybridized carbons (Fsp3) is 1.00. The average molecular weight is 207 g/mol. The maximum Gasteiger partial charge on any atom is 0.134 e. The zero-order chi connectivity index (χ0) is 11.0. The summed E-state index contributed by atoms with van der Waals surface area (Å²) in [6, 6.07) is 0. The fourth-order valence-corrected chi connectivity index (χ4v) is 1.22. The molecule has 0 aromatic rings. The van der Waals surface area contributed by atoms with Gasteiger partial charge in [-0.3, -0.25) is 4.90 Å². The first-order valence-corrected chi connectivity index (χ1v) is 4.87. The van der Waals surface area contributed by atoms with Gasteiger partial charge < -0.3 is 20.1 Å². The van der Waals surface area contributed by atoms with Gasteiger partial charge in [-0.15, -0.1) is 0 Å². The normalized spacial score (nSPS) is 13.9. The molecule has 5 nitrogen and oxygen atoms in total. The molecule has 5 heteroatoms. The molecular weight excluding hydrogens is 186 g/mol. The fourth-order valence-electron chi connectivity index (χ4n) is 1.22. The Hall–Kier alpha value is -0.200. The highest BCUT2D eigenvalue weighted by Crippen LogP contribution is 2.03. The van der Waals surface area contributed by atoms with Crippen LogP contribution in [-0.2, 0) is 4.74 Å². The molecule has 1 atom stereocenters. The monoisotopic (exact) mass is 207 g/mol. The van der Waals surface area contributed by atoms with Gasteiger partial charge in [0.05, 0.1) is 25.9 Å². The number of hydrogen-bond donors (Lipinski definition) is 3. The molecule has 0 amide bonds. The molecule has 0 heterocycles. The second-order valence-corrected chi connectivity index (χ2v) is 3.31. The van der Waals surface area contributed by atoms with Crippen molar-refractivity contribution in [1.29, 1.82) is 0 Å². The van der Waals surface area contributed by atoms with E-state index in [0.29, 0.717) is 13.1 Å². The van der Waals surface area contributed by atoms with Gasteiger partial charge in [-0.1, -0.05) is 0 Å². The molecule has 0 radical (unpaired) electrons. The topological polar surface area (TPSA) is 73.2 Å². The molecule has 0 bridgehead atoms. The zero-order valence-electron chi connectivity index (χ0n) is 8.89. The highest BCUT2D eigenvalue weighted by atomic mass is 16.5. The van der Waals surface area contributed by atoms with E-state index in [9.17, 15) is 0 Å². The van der Waals surface area contributed by atoms with Gasteiger partial charge in [0, 0.05) is 13.1 Å². The highest BCUT2D eigenvalue weighted by Gasteiger charge is 2.18. The summed E-state index contributed by atoms with van der Waals surface area (Å²) in [6.07, 6.45) is -0.443. The number of rotatable bonds is 8. The summed E-state index contributed by atoms with van der Waals surface area (Å²) in [4.78, 5) is 1.71. The van der Waals surface area contributed by atoms with Crippen LogP contribution in [0.1, 0.15) is 13.8 Å². The first-order valence-electron chi connectivity index (χ1n) is 4.87. The van der Waals surface area contributed by atoms with Crippen molar-refractivity contribution < 1.29 is 20.1 Å². The van der Waals surface area contributed by atoms with E-state index in [1.807, 2.05) is 13.8 Å². The molecular formula is C9H21NO4. The first kappa shape index (κ1) is 13.8. The third-order valence-corrected chi connectivity index (χ3v) is 1.77. The van der Waals surface area contributed by atoms with Crippen LogP contribution in [0.2, 0.25) is 0 Å². The summed E-state index contributed by atoms with van der Waals surface area (Å²) in [5.74, 6) is 0. The van der Waals surface area contributed by atoms with Crippen LogP contribution in [-0.4, -0.2) is 65.5 Å². The summed E-state index contributed by atoms with van der Waals surface area (Å²) in [5.41, 5.74) is 0. The van der Waals surface area contributed by atoms with Crippen molar-refractivity contribution in [3.05, 3.63) is 0 Å². The van der Waals surface area contributed by atoms with Crippen LogP contribution < -0.4 is 0 Å². The minimum Gasteiger partial charge on any atom is -0.395 e. The molecule has 0 saturated carbocycles. The van der Waals surface area contributed by atoms with Crippen molar-refractivity contribution in [2.75, 3.05) is 32.9 Å². The molecule has 0 aromatic carbocycles. The Morgan fingerprint density at radius 2 is 1.57 bits per heavy atom. The van der Waals surface area contributed by atoms with Gasteiger partial charge in [0.25, 0.3) is 0 Å². The third-order valence-electron chi connectivity index (χ3n) is 1.77. The van der Waals surface area contributed by atoms with Gasteiger partial charge in [0.1, 0.15) is 6.23 Å². The molecule has 14 heavy (non-hydrogen) atoms. The molecule has 0 saturated heterocycles. The molecule has 0 aliphatic heterocycles. The minimum absolute atomic E-state index is 0.00651. The number of hydrogen-bond acceptors (Lipinski definition) is 5. The lowest BCUT2D eigenvalue weighted by Crippen LogP contribution is -2.44. The highest BCUT2D eigenvalue weighted by molar-refractivity contribution is 4.62. The van der Waals surface area contributed by atoms with Crippen LogP contribution in [0, 0.1) is 0 Å². The van der Waals surface area contributed by atoms with Crippen molar-refractivity contribution in [3.63, 3.8) is 0 Å². The van der Waals surface area contributed by atoms with Crippen LogP contribution >= 0.6 is 0 Å². The van der Waals surface area contributed by atoms with Crippen LogP contribution in [0.5, 0.6) is 0 Å². The second kappa shape index (κ2) is 8.14. The number of ether oxygens (including phenoxy) is 1. The van der Waals surface area contributed by atoms with Crippen molar-refractivity contribution in [2.24, 2.45) is 0 Å². The van der Waals surface area contributed by atoms with E-state index in [1.165, 1.54) is 0 Å². The van der Waals surface area contributed by atoms with Crippen molar-refractivity contribution >= 4 is 0 Å². The molecule has 0 aliphatic carbocycles. The van der Waals surface area contributed by atoms with E-state index < -0.39 is 6.23 Å². The summed E-state index contributed by atoms with van der Waals surface area (Å²) in [5, 5.41) is 26.6. The largest absolute Gasteiger partial charge is 0.395 e. The molecule has 0 aliphatic rings. The van der Waals surface area contributed by atoms with Gasteiger partial charge in [-0.05, 0) is 13.8 Å². The third kappa shape index (κ3) is 5.51. The maximum absolute atomic E-state index is 9.07. The Morgan fingerprint density at radius 3 is 1.86 bits per heavy atom. The molecule has 0 fully saturated rings.